The highest BCUT2D eigenvalue weighted by molar-refractivity contribution is 8.21. The minimum absolute atomic E-state index is 0.160. The third-order valence-corrected chi connectivity index (χ3v) is 16.1. The SMILES string of the molecule is Cc1ccc(S(=O)(=O)C2(C3=CC[C@H]4[C@@H]5CCC6=CC7(CC[C@]6(C)C5=CC[C@]34C)SCCS7)CO2)cc1. The second-order valence-corrected chi connectivity index (χ2v) is 17.5. The van der Waals surface area contributed by atoms with Gasteiger partial charge in [-0.1, -0.05) is 60.9 Å². The normalized spacial score (nSPS) is 40.6. The number of fused-ring (bicyclic) bond motifs is 5. The minimum atomic E-state index is -3.61. The van der Waals surface area contributed by atoms with Crippen LogP contribution in [0.2, 0.25) is 0 Å². The van der Waals surface area contributed by atoms with E-state index in [1.165, 1.54) is 37.2 Å². The number of hydrogen-bond acceptors (Lipinski definition) is 5. The Balaban J connectivity index is 1.23. The molecular formula is C30H36O3S3. The maximum Gasteiger partial charge on any atom is 0.219 e. The lowest BCUT2D eigenvalue weighted by Crippen LogP contribution is -2.46. The Morgan fingerprint density at radius 1 is 1.03 bits per heavy atom. The highest BCUT2D eigenvalue weighted by Gasteiger charge is 2.67. The summed E-state index contributed by atoms with van der Waals surface area (Å²) in [6.45, 7) is 7.10. The van der Waals surface area contributed by atoms with Gasteiger partial charge < -0.3 is 4.74 Å². The van der Waals surface area contributed by atoms with Crippen LogP contribution >= 0.6 is 23.5 Å². The molecule has 2 heterocycles. The lowest BCUT2D eigenvalue weighted by Gasteiger charge is -2.55. The van der Waals surface area contributed by atoms with Gasteiger partial charge in [0.05, 0.1) is 15.6 Å². The van der Waals surface area contributed by atoms with Crippen molar-refractivity contribution in [3.05, 3.63) is 64.8 Å². The molecule has 3 fully saturated rings. The summed E-state index contributed by atoms with van der Waals surface area (Å²) in [4.78, 5) is -0.793. The lowest BCUT2D eigenvalue weighted by atomic mass is 9.51. The first kappa shape index (κ1) is 24.1. The maximum atomic E-state index is 13.9. The lowest BCUT2D eigenvalue weighted by molar-refractivity contribution is 0.128. The number of rotatable bonds is 3. The molecule has 1 aromatic carbocycles. The third-order valence-electron chi connectivity index (χ3n) is 10.4. The largest absolute Gasteiger partial charge is 0.348 e. The van der Waals surface area contributed by atoms with Gasteiger partial charge in [0.15, 0.2) is 0 Å². The van der Waals surface area contributed by atoms with Crippen LogP contribution in [0.3, 0.4) is 0 Å². The van der Waals surface area contributed by atoms with Gasteiger partial charge in [-0.2, -0.15) is 0 Å². The van der Waals surface area contributed by atoms with E-state index in [1.54, 1.807) is 23.3 Å². The van der Waals surface area contributed by atoms with E-state index in [0.29, 0.717) is 20.8 Å². The van der Waals surface area contributed by atoms with Gasteiger partial charge in [-0.25, -0.2) is 8.42 Å². The van der Waals surface area contributed by atoms with Gasteiger partial charge in [-0.3, -0.25) is 0 Å². The molecule has 0 bridgehead atoms. The summed E-state index contributed by atoms with van der Waals surface area (Å²) in [7, 11) is -3.61. The average Bonchev–Trinajstić information content (AvgIpc) is 3.41. The molecule has 0 amide bonds. The zero-order valence-corrected chi connectivity index (χ0v) is 24.0. The number of allylic oxidation sites excluding steroid dienone is 4. The molecule has 7 rings (SSSR count). The quantitative estimate of drug-likeness (QED) is 0.303. The number of benzene rings is 1. The van der Waals surface area contributed by atoms with Gasteiger partial charge in [0.2, 0.25) is 14.8 Å². The molecule has 2 saturated heterocycles. The summed E-state index contributed by atoms with van der Waals surface area (Å²) in [5.41, 5.74) is 5.46. The minimum Gasteiger partial charge on any atom is -0.348 e. The molecular weight excluding hydrogens is 505 g/mol. The molecule has 0 aromatic heterocycles. The zero-order chi connectivity index (χ0) is 25.0. The fraction of sp³-hybridized carbons (Fsp3) is 0.600. The number of ether oxygens (including phenoxy) is 1. The second-order valence-electron chi connectivity index (χ2n) is 12.3. The molecule has 2 aliphatic heterocycles. The van der Waals surface area contributed by atoms with Crippen LogP contribution in [0.4, 0.5) is 0 Å². The van der Waals surface area contributed by atoms with Crippen LogP contribution in [0.1, 0.15) is 57.9 Å². The van der Waals surface area contributed by atoms with Gasteiger partial charge in [0.25, 0.3) is 0 Å². The van der Waals surface area contributed by atoms with Crippen molar-refractivity contribution >= 4 is 33.4 Å². The smallest absolute Gasteiger partial charge is 0.219 e. The van der Waals surface area contributed by atoms with E-state index in [2.05, 4.69) is 55.6 Å². The molecule has 4 aliphatic carbocycles. The van der Waals surface area contributed by atoms with Crippen LogP contribution in [-0.4, -0.2) is 35.5 Å². The van der Waals surface area contributed by atoms with Crippen molar-refractivity contribution in [1.29, 1.82) is 0 Å². The molecule has 36 heavy (non-hydrogen) atoms. The average molecular weight is 541 g/mol. The van der Waals surface area contributed by atoms with Crippen molar-refractivity contribution in [3.8, 4) is 0 Å². The third kappa shape index (κ3) is 3.14. The molecule has 1 unspecified atom stereocenters. The van der Waals surface area contributed by atoms with E-state index < -0.39 is 14.8 Å². The highest BCUT2D eigenvalue weighted by Crippen LogP contribution is 2.68. The van der Waals surface area contributed by atoms with E-state index in [4.69, 9.17) is 4.74 Å². The summed E-state index contributed by atoms with van der Waals surface area (Å²) in [6, 6.07) is 7.26. The van der Waals surface area contributed by atoms with Gasteiger partial charge in [-0.15, -0.1) is 23.5 Å². The number of sulfone groups is 1. The topological polar surface area (TPSA) is 46.7 Å². The van der Waals surface area contributed by atoms with Gasteiger partial charge in [0.1, 0.15) is 0 Å². The van der Waals surface area contributed by atoms with E-state index in [-0.39, 0.29) is 17.4 Å². The van der Waals surface area contributed by atoms with Crippen LogP contribution in [-0.2, 0) is 14.6 Å². The Kier molecular flexibility index (Phi) is 5.23. The van der Waals surface area contributed by atoms with E-state index >= 15 is 0 Å². The van der Waals surface area contributed by atoms with Crippen LogP contribution in [0, 0.1) is 29.6 Å². The summed E-state index contributed by atoms with van der Waals surface area (Å²) >= 11 is 4.33. The first-order valence-electron chi connectivity index (χ1n) is 13.5. The molecule has 5 atom stereocenters. The van der Waals surface area contributed by atoms with Crippen molar-refractivity contribution in [2.24, 2.45) is 22.7 Å². The van der Waals surface area contributed by atoms with E-state index in [1.807, 2.05) is 19.1 Å². The van der Waals surface area contributed by atoms with Crippen LogP contribution in [0.25, 0.3) is 0 Å². The molecule has 0 N–H and O–H groups in total. The molecule has 1 saturated carbocycles. The maximum absolute atomic E-state index is 13.9. The van der Waals surface area contributed by atoms with E-state index in [0.717, 1.165) is 24.0 Å². The predicted octanol–water partition coefficient (Wildman–Crippen LogP) is 7.09. The van der Waals surface area contributed by atoms with Crippen LogP contribution in [0.5, 0.6) is 0 Å². The molecule has 6 heteroatoms. The van der Waals surface area contributed by atoms with Crippen molar-refractivity contribution in [1.82, 2.24) is 0 Å². The monoisotopic (exact) mass is 540 g/mol. The highest BCUT2D eigenvalue weighted by atomic mass is 32.2. The van der Waals surface area contributed by atoms with Crippen molar-refractivity contribution in [2.75, 3.05) is 18.1 Å². The van der Waals surface area contributed by atoms with Crippen LogP contribution < -0.4 is 0 Å². The van der Waals surface area contributed by atoms with Crippen molar-refractivity contribution in [2.45, 2.75) is 73.2 Å². The number of epoxide rings is 1. The fourth-order valence-corrected chi connectivity index (χ4v) is 13.3. The Morgan fingerprint density at radius 3 is 2.44 bits per heavy atom. The summed E-state index contributed by atoms with van der Waals surface area (Å²) < 4.78 is 34.0. The Hall–Kier alpha value is -0.950. The summed E-state index contributed by atoms with van der Waals surface area (Å²) in [6.07, 6.45) is 14.2. The Bertz CT molecular complexity index is 1310. The predicted molar refractivity (Wildman–Crippen MR) is 150 cm³/mol. The van der Waals surface area contributed by atoms with Crippen LogP contribution in [0.15, 0.2) is 64.1 Å². The second kappa shape index (κ2) is 7.80. The van der Waals surface area contributed by atoms with Gasteiger partial charge in [0, 0.05) is 16.9 Å². The fourth-order valence-electron chi connectivity index (χ4n) is 8.28. The van der Waals surface area contributed by atoms with E-state index in [9.17, 15) is 8.42 Å². The Labute approximate surface area is 224 Å². The number of hydrogen-bond donors (Lipinski definition) is 0. The molecule has 3 nitrogen and oxygen atoms in total. The number of thioether (sulfide) groups is 2. The molecule has 192 valence electrons. The zero-order valence-electron chi connectivity index (χ0n) is 21.5. The van der Waals surface area contributed by atoms with Gasteiger partial charge >= 0.3 is 0 Å². The molecule has 6 aliphatic rings. The van der Waals surface area contributed by atoms with Crippen molar-refractivity contribution in [3.63, 3.8) is 0 Å². The van der Waals surface area contributed by atoms with Gasteiger partial charge in [-0.05, 0) is 80.4 Å². The molecule has 1 aromatic rings. The van der Waals surface area contributed by atoms with Crippen molar-refractivity contribution < 1.29 is 13.2 Å². The molecule has 1 spiro atoms. The first-order valence-corrected chi connectivity index (χ1v) is 17.0. The Morgan fingerprint density at radius 2 is 1.75 bits per heavy atom. The first-order chi connectivity index (χ1) is 17.1. The summed E-state index contributed by atoms with van der Waals surface area (Å²) in [5.74, 6) is 3.56. The standard InChI is InChI=1S/C30H36O3S3/c1-20-4-7-22(8-5-20)36(31,32)30(19-33-30)26-11-10-24-23-9-6-21-18-29(34-16-17-35-29)15-14-27(21,2)25(23)12-13-28(24,26)3/h4-5,7-8,11-12,18,23-24H,6,9-10,13-17,19H2,1-3H3/t23-,24-,27-,28-,30?/m0/s1. The molecule has 0 radical (unpaired) electrons. The number of aryl methyl sites for hydroxylation is 1. The summed E-state index contributed by atoms with van der Waals surface area (Å²) in [5, 5.41) is 0.